The Hall–Kier alpha value is -1.99. The quantitative estimate of drug-likeness (QED) is 0.739. The molecule has 0 spiro atoms. The number of nitrogens with two attached hydrogens (primary N) is 1. The second-order valence-corrected chi connectivity index (χ2v) is 3.76. The fraction of sp³-hybridized carbons (Fsp3) is 0.308. The fourth-order valence-corrected chi connectivity index (χ4v) is 1.19. The summed E-state index contributed by atoms with van der Waals surface area (Å²) in [4.78, 5) is 12.8. The number of nitrogens with one attached hydrogen (secondary N) is 1. The molecule has 0 unspecified atom stereocenters. The molecule has 4 nitrogen and oxygen atoms in total. The van der Waals surface area contributed by atoms with Crippen molar-refractivity contribution in [1.29, 1.82) is 0 Å². The van der Waals surface area contributed by atoms with Gasteiger partial charge in [-0.1, -0.05) is 24.0 Å². The topological polar surface area (TPSA) is 58.4 Å². The molecule has 0 aliphatic heterocycles. The molecule has 0 saturated carbocycles. The Morgan fingerprint density at radius 1 is 1.35 bits per heavy atom. The SMILES string of the molecule is CN(C)C(=O)NCc1ccc(C#CCN)cc1. The number of rotatable bonds is 2. The number of carbonyl (C=O) groups is 1. The molecular formula is C13H17N3O. The Bertz CT molecular complexity index is 426. The highest BCUT2D eigenvalue weighted by molar-refractivity contribution is 5.73. The van der Waals surface area contributed by atoms with E-state index in [1.807, 2.05) is 24.3 Å². The second-order valence-electron chi connectivity index (χ2n) is 3.76. The van der Waals surface area contributed by atoms with Gasteiger partial charge in [0.25, 0.3) is 0 Å². The Morgan fingerprint density at radius 2 is 2.00 bits per heavy atom. The van der Waals surface area contributed by atoms with E-state index in [1.54, 1.807) is 14.1 Å². The van der Waals surface area contributed by atoms with Crippen LogP contribution in [0.2, 0.25) is 0 Å². The van der Waals surface area contributed by atoms with Crippen LogP contribution in [0.4, 0.5) is 4.79 Å². The second kappa shape index (κ2) is 6.56. The standard InChI is InChI=1S/C13H17N3O/c1-16(2)13(17)15-10-12-7-5-11(6-8-12)4-3-9-14/h5-8H,9-10,14H2,1-2H3,(H,15,17). The molecule has 3 N–H and O–H groups in total. The minimum Gasteiger partial charge on any atom is -0.334 e. The van der Waals surface area contributed by atoms with E-state index >= 15 is 0 Å². The summed E-state index contributed by atoms with van der Waals surface area (Å²) < 4.78 is 0. The molecule has 0 bridgehead atoms. The maximum atomic E-state index is 11.3. The maximum Gasteiger partial charge on any atom is 0.317 e. The van der Waals surface area contributed by atoms with Crippen LogP contribution in [-0.2, 0) is 6.54 Å². The van der Waals surface area contributed by atoms with Crippen molar-refractivity contribution < 1.29 is 4.79 Å². The van der Waals surface area contributed by atoms with E-state index in [2.05, 4.69) is 17.2 Å². The van der Waals surface area contributed by atoms with Gasteiger partial charge in [-0.15, -0.1) is 0 Å². The summed E-state index contributed by atoms with van der Waals surface area (Å²) in [5.74, 6) is 5.73. The summed E-state index contributed by atoms with van der Waals surface area (Å²) in [5, 5.41) is 2.79. The summed E-state index contributed by atoms with van der Waals surface area (Å²) in [5.41, 5.74) is 7.26. The molecule has 0 aliphatic carbocycles. The minimum absolute atomic E-state index is 0.100. The van der Waals surface area contributed by atoms with Gasteiger partial charge in [0, 0.05) is 26.2 Å². The number of hydrogen-bond acceptors (Lipinski definition) is 2. The lowest BCUT2D eigenvalue weighted by Crippen LogP contribution is -2.33. The van der Waals surface area contributed by atoms with Crippen molar-refractivity contribution in [2.75, 3.05) is 20.6 Å². The zero-order chi connectivity index (χ0) is 12.7. The molecular weight excluding hydrogens is 214 g/mol. The lowest BCUT2D eigenvalue weighted by atomic mass is 10.1. The van der Waals surface area contributed by atoms with Crippen molar-refractivity contribution in [2.24, 2.45) is 5.73 Å². The smallest absolute Gasteiger partial charge is 0.317 e. The van der Waals surface area contributed by atoms with Gasteiger partial charge in [-0.25, -0.2) is 4.79 Å². The molecule has 0 aliphatic rings. The minimum atomic E-state index is -0.100. The Kier molecular flexibility index (Phi) is 5.05. The third kappa shape index (κ3) is 4.58. The largest absolute Gasteiger partial charge is 0.334 e. The highest BCUT2D eigenvalue weighted by Gasteiger charge is 2.01. The van der Waals surface area contributed by atoms with Crippen molar-refractivity contribution in [2.45, 2.75) is 6.54 Å². The molecule has 90 valence electrons. The molecule has 1 aromatic rings. The normalized spacial score (nSPS) is 9.12. The summed E-state index contributed by atoms with van der Waals surface area (Å²) in [7, 11) is 3.42. The fourth-order valence-electron chi connectivity index (χ4n) is 1.19. The number of carbonyl (C=O) groups excluding carboxylic acids is 1. The predicted octanol–water partition coefficient (Wildman–Crippen LogP) is 0.768. The van der Waals surface area contributed by atoms with Crippen molar-refractivity contribution in [3.05, 3.63) is 35.4 Å². The molecule has 0 radical (unpaired) electrons. The van der Waals surface area contributed by atoms with Gasteiger partial charge >= 0.3 is 6.03 Å². The van der Waals surface area contributed by atoms with E-state index in [-0.39, 0.29) is 6.03 Å². The first kappa shape index (κ1) is 13.1. The van der Waals surface area contributed by atoms with Gasteiger partial charge in [-0.2, -0.15) is 0 Å². The van der Waals surface area contributed by atoms with Crippen LogP contribution in [0.15, 0.2) is 24.3 Å². The van der Waals surface area contributed by atoms with E-state index < -0.39 is 0 Å². The van der Waals surface area contributed by atoms with Gasteiger partial charge in [0.05, 0.1) is 6.54 Å². The van der Waals surface area contributed by atoms with Gasteiger partial charge in [0.15, 0.2) is 0 Å². The van der Waals surface area contributed by atoms with Crippen LogP contribution in [0, 0.1) is 11.8 Å². The van der Waals surface area contributed by atoms with Crippen molar-refractivity contribution in [3.63, 3.8) is 0 Å². The molecule has 1 rings (SSSR count). The molecule has 0 aromatic heterocycles. The van der Waals surface area contributed by atoms with Crippen LogP contribution in [0.1, 0.15) is 11.1 Å². The van der Waals surface area contributed by atoms with Crippen molar-refractivity contribution >= 4 is 6.03 Å². The molecule has 0 atom stereocenters. The molecule has 0 saturated heterocycles. The number of urea groups is 1. The monoisotopic (exact) mass is 231 g/mol. The highest BCUT2D eigenvalue weighted by atomic mass is 16.2. The number of hydrogen-bond donors (Lipinski definition) is 2. The van der Waals surface area contributed by atoms with E-state index in [9.17, 15) is 4.79 Å². The number of nitrogens with zero attached hydrogens (tertiary/aromatic N) is 1. The first-order chi connectivity index (χ1) is 8.13. The summed E-state index contributed by atoms with van der Waals surface area (Å²) in [6.45, 7) is 0.877. The van der Waals surface area contributed by atoms with E-state index in [0.29, 0.717) is 13.1 Å². The number of benzene rings is 1. The molecule has 0 heterocycles. The van der Waals surface area contributed by atoms with Crippen LogP contribution < -0.4 is 11.1 Å². The van der Waals surface area contributed by atoms with Crippen LogP contribution in [0.3, 0.4) is 0 Å². The van der Waals surface area contributed by atoms with Crippen molar-refractivity contribution in [3.8, 4) is 11.8 Å². The Morgan fingerprint density at radius 3 is 2.53 bits per heavy atom. The molecule has 4 heteroatoms. The van der Waals surface area contributed by atoms with E-state index in [4.69, 9.17) is 5.73 Å². The van der Waals surface area contributed by atoms with Gasteiger partial charge in [-0.05, 0) is 17.7 Å². The summed E-state index contributed by atoms with van der Waals surface area (Å²) >= 11 is 0. The predicted molar refractivity (Wildman–Crippen MR) is 68.3 cm³/mol. The molecule has 0 fully saturated rings. The average molecular weight is 231 g/mol. The summed E-state index contributed by atoms with van der Waals surface area (Å²) in [6, 6.07) is 7.61. The molecule has 17 heavy (non-hydrogen) atoms. The maximum absolute atomic E-state index is 11.3. The first-order valence-corrected chi connectivity index (χ1v) is 5.36. The Labute approximate surface area is 102 Å². The summed E-state index contributed by atoms with van der Waals surface area (Å²) in [6.07, 6.45) is 0. The first-order valence-electron chi connectivity index (χ1n) is 5.36. The third-order valence-corrected chi connectivity index (χ3v) is 2.14. The van der Waals surface area contributed by atoms with Crippen LogP contribution in [0.5, 0.6) is 0 Å². The lowest BCUT2D eigenvalue weighted by molar-refractivity contribution is 0.217. The highest BCUT2D eigenvalue weighted by Crippen LogP contribution is 2.03. The van der Waals surface area contributed by atoms with Gasteiger partial charge in [0.1, 0.15) is 0 Å². The third-order valence-electron chi connectivity index (χ3n) is 2.14. The lowest BCUT2D eigenvalue weighted by Gasteiger charge is -2.11. The van der Waals surface area contributed by atoms with Crippen LogP contribution >= 0.6 is 0 Å². The number of amides is 2. The zero-order valence-corrected chi connectivity index (χ0v) is 10.2. The van der Waals surface area contributed by atoms with Gasteiger partial charge in [0.2, 0.25) is 0 Å². The Balaban J connectivity index is 2.54. The van der Waals surface area contributed by atoms with Crippen LogP contribution in [0.25, 0.3) is 0 Å². The van der Waals surface area contributed by atoms with Gasteiger partial charge < -0.3 is 16.0 Å². The molecule has 1 aromatic carbocycles. The zero-order valence-electron chi connectivity index (χ0n) is 10.2. The average Bonchev–Trinajstić information content (AvgIpc) is 2.34. The van der Waals surface area contributed by atoms with E-state index in [0.717, 1.165) is 11.1 Å². The van der Waals surface area contributed by atoms with Crippen molar-refractivity contribution in [1.82, 2.24) is 10.2 Å². The molecule has 2 amide bonds. The van der Waals surface area contributed by atoms with E-state index in [1.165, 1.54) is 4.90 Å². The van der Waals surface area contributed by atoms with Crippen LogP contribution in [-0.4, -0.2) is 31.6 Å². The van der Waals surface area contributed by atoms with Gasteiger partial charge in [-0.3, -0.25) is 0 Å².